The third-order valence-electron chi connectivity index (χ3n) is 4.47. The third-order valence-corrected chi connectivity index (χ3v) is 4.47. The van der Waals surface area contributed by atoms with Gasteiger partial charge in [0.05, 0.1) is 6.10 Å². The molecule has 0 radical (unpaired) electrons. The van der Waals surface area contributed by atoms with Crippen LogP contribution in [-0.4, -0.2) is 48.8 Å². The topological polar surface area (TPSA) is 35.5 Å². The number of piperidine rings is 1. The molecule has 0 bridgehead atoms. The molecule has 1 aliphatic rings. The monoisotopic (exact) mass is 290 g/mol. The minimum atomic E-state index is -0.151. The van der Waals surface area contributed by atoms with Crippen LogP contribution in [0.1, 0.15) is 38.7 Å². The van der Waals surface area contributed by atoms with Crippen molar-refractivity contribution in [3.8, 4) is 0 Å². The predicted octanol–water partition coefficient (Wildman–Crippen LogP) is 2.40. The Morgan fingerprint density at radius 3 is 2.76 bits per heavy atom. The summed E-state index contributed by atoms with van der Waals surface area (Å²) in [4.78, 5) is 2.43. The van der Waals surface area contributed by atoms with Crippen molar-refractivity contribution in [2.75, 3.05) is 32.7 Å². The average molecular weight is 290 g/mol. The van der Waals surface area contributed by atoms with Gasteiger partial charge in [-0.2, -0.15) is 0 Å². The molecular formula is C18H30N2O. The first-order valence-corrected chi connectivity index (χ1v) is 8.31. The van der Waals surface area contributed by atoms with Crippen LogP contribution in [-0.2, 0) is 5.41 Å². The van der Waals surface area contributed by atoms with E-state index in [2.05, 4.69) is 54.4 Å². The summed E-state index contributed by atoms with van der Waals surface area (Å²) in [7, 11) is 0. The molecule has 3 nitrogen and oxygen atoms in total. The lowest BCUT2D eigenvalue weighted by atomic mass is 9.81. The SMILES string of the molecule is CCCNCC(C)(CN1CCCC(O)C1)c1ccccc1. The van der Waals surface area contributed by atoms with E-state index in [4.69, 9.17) is 0 Å². The number of nitrogens with one attached hydrogen (secondary N) is 1. The number of benzene rings is 1. The largest absolute Gasteiger partial charge is 0.392 e. The first-order chi connectivity index (χ1) is 10.1. The lowest BCUT2D eigenvalue weighted by Crippen LogP contribution is -2.49. The van der Waals surface area contributed by atoms with E-state index < -0.39 is 0 Å². The number of aliphatic hydroxyl groups excluding tert-OH is 1. The molecule has 21 heavy (non-hydrogen) atoms. The highest BCUT2D eigenvalue weighted by atomic mass is 16.3. The summed E-state index contributed by atoms with van der Waals surface area (Å²) in [5, 5.41) is 13.5. The summed E-state index contributed by atoms with van der Waals surface area (Å²) in [6, 6.07) is 10.8. The van der Waals surface area contributed by atoms with Crippen molar-refractivity contribution < 1.29 is 5.11 Å². The van der Waals surface area contributed by atoms with Crippen LogP contribution in [0.3, 0.4) is 0 Å². The van der Waals surface area contributed by atoms with Gasteiger partial charge >= 0.3 is 0 Å². The Kier molecular flexibility index (Phi) is 6.22. The lowest BCUT2D eigenvalue weighted by molar-refractivity contribution is 0.0588. The number of nitrogens with zero attached hydrogens (tertiary/aromatic N) is 1. The van der Waals surface area contributed by atoms with E-state index in [1.165, 1.54) is 5.56 Å². The quantitative estimate of drug-likeness (QED) is 0.757. The second kappa shape index (κ2) is 7.92. The van der Waals surface area contributed by atoms with Gasteiger partial charge < -0.3 is 10.4 Å². The van der Waals surface area contributed by atoms with Crippen molar-refractivity contribution >= 4 is 0 Å². The van der Waals surface area contributed by atoms with E-state index in [1.807, 2.05) is 0 Å². The van der Waals surface area contributed by atoms with Crippen LogP contribution in [0.15, 0.2) is 30.3 Å². The van der Waals surface area contributed by atoms with Crippen LogP contribution in [0, 0.1) is 0 Å². The molecule has 2 N–H and O–H groups in total. The van der Waals surface area contributed by atoms with Gasteiger partial charge in [-0.15, -0.1) is 0 Å². The van der Waals surface area contributed by atoms with Crippen LogP contribution in [0.5, 0.6) is 0 Å². The Labute approximate surface area is 129 Å². The zero-order valence-electron chi connectivity index (χ0n) is 13.5. The van der Waals surface area contributed by atoms with Crippen LogP contribution in [0.2, 0.25) is 0 Å². The van der Waals surface area contributed by atoms with Gasteiger partial charge in [-0.05, 0) is 37.9 Å². The summed E-state index contributed by atoms with van der Waals surface area (Å²) in [5.74, 6) is 0. The normalized spacial score (nSPS) is 22.9. The van der Waals surface area contributed by atoms with Crippen LogP contribution < -0.4 is 5.32 Å². The van der Waals surface area contributed by atoms with Crippen molar-refractivity contribution in [3.63, 3.8) is 0 Å². The number of rotatable bonds is 7. The molecule has 1 aliphatic heterocycles. The van der Waals surface area contributed by atoms with Crippen LogP contribution in [0.25, 0.3) is 0 Å². The van der Waals surface area contributed by atoms with Crippen molar-refractivity contribution in [3.05, 3.63) is 35.9 Å². The Morgan fingerprint density at radius 2 is 2.10 bits per heavy atom. The summed E-state index contributed by atoms with van der Waals surface area (Å²) < 4.78 is 0. The fraction of sp³-hybridized carbons (Fsp3) is 0.667. The highest BCUT2D eigenvalue weighted by Crippen LogP contribution is 2.26. The highest BCUT2D eigenvalue weighted by Gasteiger charge is 2.30. The van der Waals surface area contributed by atoms with Crippen molar-refractivity contribution in [1.29, 1.82) is 0 Å². The maximum absolute atomic E-state index is 9.90. The average Bonchev–Trinajstić information content (AvgIpc) is 2.48. The summed E-state index contributed by atoms with van der Waals surface area (Å²) >= 11 is 0. The fourth-order valence-corrected chi connectivity index (χ4v) is 3.30. The van der Waals surface area contributed by atoms with E-state index >= 15 is 0 Å². The van der Waals surface area contributed by atoms with E-state index in [0.717, 1.165) is 52.0 Å². The maximum atomic E-state index is 9.90. The molecule has 1 aromatic carbocycles. The van der Waals surface area contributed by atoms with Crippen molar-refractivity contribution in [2.45, 2.75) is 44.6 Å². The molecule has 0 aliphatic carbocycles. The lowest BCUT2D eigenvalue weighted by Gasteiger charge is -2.39. The molecule has 118 valence electrons. The van der Waals surface area contributed by atoms with Gasteiger partial charge in [0.25, 0.3) is 0 Å². The van der Waals surface area contributed by atoms with E-state index in [9.17, 15) is 5.11 Å². The molecule has 0 aromatic heterocycles. The summed E-state index contributed by atoms with van der Waals surface area (Å²) in [6.07, 6.45) is 3.07. The smallest absolute Gasteiger partial charge is 0.0667 e. The second-order valence-electron chi connectivity index (χ2n) is 6.63. The van der Waals surface area contributed by atoms with Crippen LogP contribution >= 0.6 is 0 Å². The van der Waals surface area contributed by atoms with Gasteiger partial charge in [0.15, 0.2) is 0 Å². The molecular weight excluding hydrogens is 260 g/mol. The minimum Gasteiger partial charge on any atom is -0.392 e. The Balaban J connectivity index is 2.07. The molecule has 2 atom stereocenters. The molecule has 0 saturated carbocycles. The Hall–Kier alpha value is -0.900. The van der Waals surface area contributed by atoms with Gasteiger partial charge in [-0.25, -0.2) is 0 Å². The number of aliphatic hydroxyl groups is 1. The standard InChI is InChI=1S/C18H30N2O/c1-3-11-19-14-18(2,16-8-5-4-6-9-16)15-20-12-7-10-17(21)13-20/h4-6,8-9,17,19,21H,3,7,10-15H2,1-2H3. The minimum absolute atomic E-state index is 0.0908. The van der Waals surface area contributed by atoms with Gasteiger partial charge in [0, 0.05) is 25.0 Å². The second-order valence-corrected chi connectivity index (χ2v) is 6.63. The van der Waals surface area contributed by atoms with Crippen molar-refractivity contribution in [1.82, 2.24) is 10.2 Å². The molecule has 2 rings (SSSR count). The number of likely N-dealkylation sites (tertiary alicyclic amines) is 1. The summed E-state index contributed by atoms with van der Waals surface area (Å²) in [6.45, 7) is 9.51. The van der Waals surface area contributed by atoms with E-state index in [0.29, 0.717) is 0 Å². The highest BCUT2D eigenvalue weighted by molar-refractivity contribution is 5.25. The van der Waals surface area contributed by atoms with Crippen LogP contribution in [0.4, 0.5) is 0 Å². The fourth-order valence-electron chi connectivity index (χ4n) is 3.30. The van der Waals surface area contributed by atoms with Gasteiger partial charge in [-0.3, -0.25) is 4.90 Å². The number of β-amino-alcohol motifs (C(OH)–C–C–N with tert-alkyl or cyclic N) is 1. The molecule has 1 aromatic rings. The summed E-state index contributed by atoms with van der Waals surface area (Å²) in [5.41, 5.74) is 1.47. The van der Waals surface area contributed by atoms with Crippen molar-refractivity contribution in [2.24, 2.45) is 0 Å². The Morgan fingerprint density at radius 1 is 1.33 bits per heavy atom. The molecule has 2 unspecified atom stereocenters. The molecule has 0 amide bonds. The van der Waals surface area contributed by atoms with E-state index in [1.54, 1.807) is 0 Å². The maximum Gasteiger partial charge on any atom is 0.0667 e. The van der Waals surface area contributed by atoms with E-state index in [-0.39, 0.29) is 11.5 Å². The third kappa shape index (κ3) is 4.80. The first-order valence-electron chi connectivity index (χ1n) is 8.31. The molecule has 0 spiro atoms. The van der Waals surface area contributed by atoms with Gasteiger partial charge in [0.2, 0.25) is 0 Å². The van der Waals surface area contributed by atoms with Gasteiger partial charge in [-0.1, -0.05) is 44.2 Å². The Bertz CT molecular complexity index is 409. The molecule has 1 saturated heterocycles. The predicted molar refractivity (Wildman–Crippen MR) is 88.6 cm³/mol. The zero-order valence-corrected chi connectivity index (χ0v) is 13.5. The first kappa shape index (κ1) is 16.5. The molecule has 1 heterocycles. The van der Waals surface area contributed by atoms with Gasteiger partial charge in [0.1, 0.15) is 0 Å². The number of hydrogen-bond donors (Lipinski definition) is 2. The molecule has 3 heteroatoms. The zero-order chi connectivity index (χ0) is 15.1. The number of hydrogen-bond acceptors (Lipinski definition) is 3. The molecule has 1 fully saturated rings.